The van der Waals surface area contributed by atoms with Crippen molar-refractivity contribution in [3.63, 3.8) is 0 Å². The number of aliphatic hydroxyl groups is 1. The van der Waals surface area contributed by atoms with Crippen molar-refractivity contribution in [3.05, 3.63) is 33.8 Å². The Morgan fingerprint density at radius 3 is 2.39 bits per heavy atom. The molecule has 0 fully saturated rings. The van der Waals surface area contributed by atoms with Crippen LogP contribution in [0.3, 0.4) is 0 Å². The zero-order chi connectivity index (χ0) is 13.8. The molecule has 7 heteroatoms. The van der Waals surface area contributed by atoms with Crippen molar-refractivity contribution in [1.82, 2.24) is 4.72 Å². The van der Waals surface area contributed by atoms with Crippen molar-refractivity contribution in [1.29, 1.82) is 0 Å². The zero-order valence-corrected chi connectivity index (χ0v) is 12.2. The van der Waals surface area contributed by atoms with Crippen LogP contribution in [0.4, 0.5) is 0 Å². The molecule has 102 valence electrons. The summed E-state index contributed by atoms with van der Waals surface area (Å²) in [5.41, 5.74) is 0.380. The van der Waals surface area contributed by atoms with E-state index in [0.29, 0.717) is 15.6 Å². The van der Waals surface area contributed by atoms with E-state index >= 15 is 0 Å². The van der Waals surface area contributed by atoms with Crippen molar-refractivity contribution in [2.75, 3.05) is 13.2 Å². The number of hydrogen-bond acceptors (Lipinski definition) is 3. The lowest BCUT2D eigenvalue weighted by Gasteiger charge is -2.12. The van der Waals surface area contributed by atoms with Gasteiger partial charge in [-0.1, -0.05) is 36.2 Å². The number of nitrogens with one attached hydrogen (secondary N) is 1. The van der Waals surface area contributed by atoms with Gasteiger partial charge in [0.25, 0.3) is 0 Å². The van der Waals surface area contributed by atoms with E-state index in [-0.39, 0.29) is 24.8 Å². The fraction of sp³-hybridized carbons (Fsp3) is 0.455. The largest absolute Gasteiger partial charge is 0.396 e. The molecule has 1 atom stereocenters. The van der Waals surface area contributed by atoms with Gasteiger partial charge in [-0.3, -0.25) is 0 Å². The molecule has 0 radical (unpaired) electrons. The summed E-state index contributed by atoms with van der Waals surface area (Å²) in [6, 6.07) is 4.84. The molecule has 0 saturated heterocycles. The molecule has 0 aliphatic heterocycles. The van der Waals surface area contributed by atoms with Gasteiger partial charge in [-0.2, -0.15) is 0 Å². The normalized spacial score (nSPS) is 13.6. The molecule has 1 rings (SSSR count). The molecule has 0 saturated carbocycles. The standard InChI is InChI=1S/C11H15Cl2NO3S/c1-8(6-15)5-14-18(16,17)7-9-10(12)3-2-4-11(9)13/h2-4,8,14-15H,5-7H2,1H3. The maximum atomic E-state index is 11.8. The maximum Gasteiger partial charge on any atom is 0.215 e. The molecule has 0 aromatic heterocycles. The molecule has 1 aromatic rings. The smallest absolute Gasteiger partial charge is 0.215 e. The molecular weight excluding hydrogens is 297 g/mol. The minimum atomic E-state index is -3.51. The number of sulfonamides is 1. The van der Waals surface area contributed by atoms with Gasteiger partial charge in [-0.25, -0.2) is 13.1 Å². The monoisotopic (exact) mass is 311 g/mol. The molecule has 0 spiro atoms. The van der Waals surface area contributed by atoms with E-state index in [1.54, 1.807) is 25.1 Å². The summed E-state index contributed by atoms with van der Waals surface area (Å²) in [7, 11) is -3.51. The first-order chi connectivity index (χ1) is 8.35. The van der Waals surface area contributed by atoms with Crippen molar-refractivity contribution >= 4 is 33.2 Å². The van der Waals surface area contributed by atoms with E-state index in [0.717, 1.165) is 0 Å². The Hall–Kier alpha value is -0.330. The SMILES string of the molecule is CC(CO)CNS(=O)(=O)Cc1c(Cl)cccc1Cl. The molecule has 4 nitrogen and oxygen atoms in total. The van der Waals surface area contributed by atoms with Crippen LogP contribution in [0.1, 0.15) is 12.5 Å². The molecule has 0 amide bonds. The van der Waals surface area contributed by atoms with Crippen LogP contribution in [0.5, 0.6) is 0 Å². The molecule has 0 aliphatic carbocycles. The molecule has 2 N–H and O–H groups in total. The first-order valence-electron chi connectivity index (χ1n) is 5.37. The number of halogens is 2. The van der Waals surface area contributed by atoms with Crippen LogP contribution in [-0.4, -0.2) is 26.7 Å². The third-order valence-corrected chi connectivity index (χ3v) is 4.34. The van der Waals surface area contributed by atoms with E-state index in [4.69, 9.17) is 28.3 Å². The van der Waals surface area contributed by atoms with Crippen LogP contribution in [0.2, 0.25) is 10.0 Å². The van der Waals surface area contributed by atoms with Gasteiger partial charge in [0, 0.05) is 28.8 Å². The molecule has 0 aliphatic rings. The Bertz CT molecular complexity index is 485. The van der Waals surface area contributed by atoms with Crippen LogP contribution in [-0.2, 0) is 15.8 Å². The van der Waals surface area contributed by atoms with Crippen LogP contribution in [0.15, 0.2) is 18.2 Å². The van der Waals surface area contributed by atoms with Crippen molar-refractivity contribution in [2.45, 2.75) is 12.7 Å². The van der Waals surface area contributed by atoms with Gasteiger partial charge in [0.05, 0.1) is 5.75 Å². The Morgan fingerprint density at radius 1 is 1.33 bits per heavy atom. The summed E-state index contributed by atoms with van der Waals surface area (Å²) in [4.78, 5) is 0. The van der Waals surface area contributed by atoms with Gasteiger partial charge in [0.15, 0.2) is 0 Å². The average molecular weight is 312 g/mol. The fourth-order valence-corrected chi connectivity index (χ4v) is 3.27. The van der Waals surface area contributed by atoms with Crippen LogP contribution in [0, 0.1) is 5.92 Å². The fourth-order valence-electron chi connectivity index (χ4n) is 1.25. The Kier molecular flexibility index (Phi) is 5.88. The average Bonchev–Trinajstić information content (AvgIpc) is 2.31. The minimum absolute atomic E-state index is 0.0740. The summed E-state index contributed by atoms with van der Waals surface area (Å²) in [6.07, 6.45) is 0. The molecular formula is C11H15Cl2NO3S. The predicted octanol–water partition coefficient (Wildman–Crippen LogP) is 2.04. The summed E-state index contributed by atoms with van der Waals surface area (Å²) < 4.78 is 26.0. The van der Waals surface area contributed by atoms with E-state index in [1.807, 2.05) is 0 Å². The summed E-state index contributed by atoms with van der Waals surface area (Å²) in [5, 5.41) is 9.48. The van der Waals surface area contributed by atoms with Gasteiger partial charge in [0.2, 0.25) is 10.0 Å². The first kappa shape index (κ1) is 15.7. The Balaban J connectivity index is 2.77. The van der Waals surface area contributed by atoms with Gasteiger partial charge < -0.3 is 5.11 Å². The Labute approximate surface area is 117 Å². The van der Waals surface area contributed by atoms with Gasteiger partial charge >= 0.3 is 0 Å². The third kappa shape index (κ3) is 4.74. The molecule has 0 heterocycles. The highest BCUT2D eigenvalue weighted by molar-refractivity contribution is 7.88. The summed E-state index contributed by atoms with van der Waals surface area (Å²) >= 11 is 11.8. The van der Waals surface area contributed by atoms with Crippen molar-refractivity contribution in [2.24, 2.45) is 5.92 Å². The number of rotatable bonds is 6. The number of benzene rings is 1. The lowest BCUT2D eigenvalue weighted by molar-refractivity contribution is 0.238. The molecule has 18 heavy (non-hydrogen) atoms. The van der Waals surface area contributed by atoms with E-state index in [2.05, 4.69) is 4.72 Å². The number of aliphatic hydroxyl groups excluding tert-OH is 1. The van der Waals surface area contributed by atoms with Gasteiger partial charge in [-0.15, -0.1) is 0 Å². The first-order valence-corrected chi connectivity index (χ1v) is 7.77. The maximum absolute atomic E-state index is 11.8. The number of hydrogen-bond donors (Lipinski definition) is 2. The second-order valence-corrected chi connectivity index (χ2v) is 6.72. The van der Waals surface area contributed by atoms with E-state index in [1.165, 1.54) is 0 Å². The molecule has 0 bridgehead atoms. The molecule has 1 aromatic carbocycles. The predicted molar refractivity (Wildman–Crippen MR) is 73.3 cm³/mol. The second-order valence-electron chi connectivity index (χ2n) is 4.10. The lowest BCUT2D eigenvalue weighted by atomic mass is 10.2. The molecule has 1 unspecified atom stereocenters. The van der Waals surface area contributed by atoms with E-state index in [9.17, 15) is 8.42 Å². The summed E-state index contributed by atoms with van der Waals surface area (Å²) in [5.74, 6) is -0.412. The van der Waals surface area contributed by atoms with Crippen molar-refractivity contribution in [3.8, 4) is 0 Å². The zero-order valence-electron chi connectivity index (χ0n) is 9.86. The quantitative estimate of drug-likeness (QED) is 0.845. The lowest BCUT2D eigenvalue weighted by Crippen LogP contribution is -2.30. The topological polar surface area (TPSA) is 66.4 Å². The highest BCUT2D eigenvalue weighted by Crippen LogP contribution is 2.25. The highest BCUT2D eigenvalue weighted by atomic mass is 35.5. The second kappa shape index (κ2) is 6.73. The van der Waals surface area contributed by atoms with E-state index < -0.39 is 10.0 Å². The van der Waals surface area contributed by atoms with Crippen LogP contribution >= 0.6 is 23.2 Å². The Morgan fingerprint density at radius 2 is 1.89 bits per heavy atom. The van der Waals surface area contributed by atoms with Gasteiger partial charge in [-0.05, 0) is 18.1 Å². The minimum Gasteiger partial charge on any atom is -0.396 e. The van der Waals surface area contributed by atoms with Crippen molar-refractivity contribution < 1.29 is 13.5 Å². The van der Waals surface area contributed by atoms with Crippen LogP contribution < -0.4 is 4.72 Å². The third-order valence-electron chi connectivity index (χ3n) is 2.36. The summed E-state index contributed by atoms with van der Waals surface area (Å²) in [6.45, 7) is 1.85. The highest BCUT2D eigenvalue weighted by Gasteiger charge is 2.17. The van der Waals surface area contributed by atoms with Crippen LogP contribution in [0.25, 0.3) is 0 Å². The van der Waals surface area contributed by atoms with Gasteiger partial charge in [0.1, 0.15) is 0 Å².